The molecule has 1 aromatic heterocycles. The van der Waals surface area contributed by atoms with Crippen molar-refractivity contribution in [3.8, 4) is 11.5 Å². The van der Waals surface area contributed by atoms with Crippen LogP contribution < -0.4 is 20.1 Å². The normalized spacial score (nSPS) is 12.3. The summed E-state index contributed by atoms with van der Waals surface area (Å²) in [5.74, 6) is 2.12. The van der Waals surface area contributed by atoms with Crippen LogP contribution in [-0.4, -0.2) is 28.8 Å². The van der Waals surface area contributed by atoms with Crippen LogP contribution in [0.15, 0.2) is 42.5 Å². The Morgan fingerprint density at radius 2 is 2.04 bits per heavy atom. The number of benzene rings is 2. The maximum Gasteiger partial charge on any atom is 0.240 e. The Balaban J connectivity index is 1.44. The largest absolute Gasteiger partial charge is 0.454 e. The standard InChI is InChI=1S/C21H24N4O3/c1-2-3-10-22-21-24-16-6-4-5-7-17(16)25(21)13-20(26)23-12-15-8-9-18-19(11-15)28-14-27-18/h4-9,11H,2-3,10,12-14H2,1H3,(H,22,24)(H,23,26). The molecule has 0 unspecified atom stereocenters. The summed E-state index contributed by atoms with van der Waals surface area (Å²) in [6.07, 6.45) is 2.16. The molecule has 0 saturated carbocycles. The van der Waals surface area contributed by atoms with Crippen molar-refractivity contribution in [1.82, 2.24) is 14.9 Å². The molecule has 2 heterocycles. The van der Waals surface area contributed by atoms with Gasteiger partial charge in [-0.25, -0.2) is 4.98 Å². The van der Waals surface area contributed by atoms with Gasteiger partial charge in [-0.1, -0.05) is 31.5 Å². The average molecular weight is 380 g/mol. The zero-order valence-electron chi connectivity index (χ0n) is 15.9. The Morgan fingerprint density at radius 3 is 2.93 bits per heavy atom. The van der Waals surface area contributed by atoms with E-state index in [4.69, 9.17) is 9.47 Å². The molecule has 7 heteroatoms. The summed E-state index contributed by atoms with van der Waals surface area (Å²) in [4.78, 5) is 17.2. The second-order valence-corrected chi connectivity index (χ2v) is 6.75. The van der Waals surface area contributed by atoms with E-state index in [1.54, 1.807) is 0 Å². The maximum atomic E-state index is 12.6. The van der Waals surface area contributed by atoms with Crippen molar-refractivity contribution in [2.45, 2.75) is 32.9 Å². The summed E-state index contributed by atoms with van der Waals surface area (Å²) in [7, 11) is 0. The number of carbonyl (C=O) groups excluding carboxylic acids is 1. The van der Waals surface area contributed by atoms with E-state index in [1.165, 1.54) is 0 Å². The number of nitrogens with one attached hydrogen (secondary N) is 2. The van der Waals surface area contributed by atoms with Crippen LogP contribution in [0.4, 0.5) is 5.95 Å². The van der Waals surface area contributed by atoms with Crippen molar-refractivity contribution >= 4 is 22.9 Å². The molecule has 0 atom stereocenters. The van der Waals surface area contributed by atoms with Crippen molar-refractivity contribution in [1.29, 1.82) is 0 Å². The highest BCUT2D eigenvalue weighted by molar-refractivity contribution is 5.83. The number of hydrogen-bond acceptors (Lipinski definition) is 5. The number of amides is 1. The number of ether oxygens (including phenoxy) is 2. The van der Waals surface area contributed by atoms with E-state index < -0.39 is 0 Å². The molecule has 2 aromatic carbocycles. The summed E-state index contributed by atoms with van der Waals surface area (Å²) in [6.45, 7) is 3.86. The first-order valence-corrected chi connectivity index (χ1v) is 9.59. The van der Waals surface area contributed by atoms with Crippen molar-refractivity contribution in [2.24, 2.45) is 0 Å². The van der Waals surface area contributed by atoms with Crippen LogP contribution in [0.2, 0.25) is 0 Å². The summed E-state index contributed by atoms with van der Waals surface area (Å²) in [5.41, 5.74) is 2.79. The minimum atomic E-state index is -0.0700. The number of unbranched alkanes of at least 4 members (excludes halogenated alkanes) is 1. The Morgan fingerprint density at radius 1 is 1.18 bits per heavy atom. The van der Waals surface area contributed by atoms with Crippen LogP contribution in [-0.2, 0) is 17.9 Å². The molecule has 1 amide bonds. The number of anilines is 1. The number of nitrogens with zero attached hydrogens (tertiary/aromatic N) is 2. The molecule has 2 N–H and O–H groups in total. The van der Waals surface area contributed by atoms with Crippen LogP contribution >= 0.6 is 0 Å². The van der Waals surface area contributed by atoms with Gasteiger partial charge in [-0.05, 0) is 36.2 Å². The van der Waals surface area contributed by atoms with E-state index in [0.29, 0.717) is 6.54 Å². The maximum absolute atomic E-state index is 12.6. The lowest BCUT2D eigenvalue weighted by Crippen LogP contribution is -2.27. The summed E-state index contributed by atoms with van der Waals surface area (Å²) >= 11 is 0. The molecule has 7 nitrogen and oxygen atoms in total. The third-order valence-electron chi connectivity index (χ3n) is 4.70. The SMILES string of the molecule is CCCCNc1nc2ccccc2n1CC(=O)NCc1ccc2c(c1)OCO2. The quantitative estimate of drug-likeness (QED) is 0.587. The summed E-state index contributed by atoms with van der Waals surface area (Å²) in [6, 6.07) is 13.5. The van der Waals surface area contributed by atoms with Crippen LogP contribution in [0, 0.1) is 0 Å². The Bertz CT molecular complexity index is 983. The van der Waals surface area contributed by atoms with E-state index in [1.807, 2.05) is 47.0 Å². The minimum Gasteiger partial charge on any atom is -0.454 e. The van der Waals surface area contributed by atoms with Gasteiger partial charge >= 0.3 is 0 Å². The zero-order valence-corrected chi connectivity index (χ0v) is 15.9. The topological polar surface area (TPSA) is 77.4 Å². The first kappa shape index (κ1) is 18.2. The van der Waals surface area contributed by atoms with Gasteiger partial charge in [0.2, 0.25) is 18.6 Å². The third-order valence-corrected chi connectivity index (χ3v) is 4.70. The molecule has 3 aromatic rings. The third kappa shape index (κ3) is 3.88. The zero-order chi connectivity index (χ0) is 19.3. The molecule has 0 saturated heterocycles. The molecular formula is C21H24N4O3. The lowest BCUT2D eigenvalue weighted by Gasteiger charge is -2.11. The Hall–Kier alpha value is -3.22. The van der Waals surface area contributed by atoms with Crippen molar-refractivity contribution in [3.05, 3.63) is 48.0 Å². The van der Waals surface area contributed by atoms with Gasteiger partial charge in [-0.3, -0.25) is 4.79 Å². The second kappa shape index (κ2) is 8.21. The number of rotatable bonds is 8. The van der Waals surface area contributed by atoms with Gasteiger partial charge < -0.3 is 24.7 Å². The van der Waals surface area contributed by atoms with Crippen LogP contribution in [0.25, 0.3) is 11.0 Å². The number of para-hydroxylation sites is 2. The first-order valence-electron chi connectivity index (χ1n) is 9.59. The van der Waals surface area contributed by atoms with Crippen LogP contribution in [0.3, 0.4) is 0 Å². The van der Waals surface area contributed by atoms with E-state index in [0.717, 1.165) is 53.4 Å². The van der Waals surface area contributed by atoms with E-state index in [9.17, 15) is 4.79 Å². The molecule has 4 rings (SSSR count). The van der Waals surface area contributed by atoms with Gasteiger partial charge in [-0.2, -0.15) is 0 Å². The summed E-state index contributed by atoms with van der Waals surface area (Å²) < 4.78 is 12.6. The number of aromatic nitrogens is 2. The monoisotopic (exact) mass is 380 g/mol. The fraction of sp³-hybridized carbons (Fsp3) is 0.333. The number of fused-ring (bicyclic) bond motifs is 2. The van der Waals surface area contributed by atoms with Gasteiger partial charge in [0, 0.05) is 13.1 Å². The molecular weight excluding hydrogens is 356 g/mol. The predicted octanol–water partition coefficient (Wildman–Crippen LogP) is 3.29. The molecule has 0 radical (unpaired) electrons. The fourth-order valence-electron chi connectivity index (χ4n) is 3.20. The molecule has 0 fully saturated rings. The Kier molecular flexibility index (Phi) is 5.32. The van der Waals surface area contributed by atoms with Crippen molar-refractivity contribution in [3.63, 3.8) is 0 Å². The first-order chi connectivity index (χ1) is 13.7. The molecule has 1 aliphatic rings. The minimum absolute atomic E-state index is 0.0700. The molecule has 28 heavy (non-hydrogen) atoms. The predicted molar refractivity (Wildman–Crippen MR) is 108 cm³/mol. The fourth-order valence-corrected chi connectivity index (χ4v) is 3.20. The lowest BCUT2D eigenvalue weighted by molar-refractivity contribution is -0.121. The smallest absolute Gasteiger partial charge is 0.240 e. The summed E-state index contributed by atoms with van der Waals surface area (Å²) in [5, 5.41) is 6.33. The van der Waals surface area contributed by atoms with Gasteiger partial charge in [0.15, 0.2) is 11.5 Å². The van der Waals surface area contributed by atoms with E-state index >= 15 is 0 Å². The van der Waals surface area contributed by atoms with E-state index in [-0.39, 0.29) is 19.2 Å². The highest BCUT2D eigenvalue weighted by atomic mass is 16.7. The van der Waals surface area contributed by atoms with Gasteiger partial charge in [0.25, 0.3) is 0 Å². The molecule has 0 aliphatic carbocycles. The molecule has 0 bridgehead atoms. The van der Waals surface area contributed by atoms with Crippen molar-refractivity contribution < 1.29 is 14.3 Å². The van der Waals surface area contributed by atoms with Crippen molar-refractivity contribution in [2.75, 3.05) is 18.7 Å². The second-order valence-electron chi connectivity index (χ2n) is 6.75. The molecule has 0 spiro atoms. The van der Waals surface area contributed by atoms with Gasteiger partial charge in [0.1, 0.15) is 6.54 Å². The number of carbonyl (C=O) groups is 1. The highest BCUT2D eigenvalue weighted by Crippen LogP contribution is 2.32. The van der Waals surface area contributed by atoms with Gasteiger partial charge in [-0.15, -0.1) is 0 Å². The molecule has 1 aliphatic heterocycles. The van der Waals surface area contributed by atoms with Crippen LogP contribution in [0.5, 0.6) is 11.5 Å². The average Bonchev–Trinajstić information content (AvgIpc) is 3.31. The number of hydrogen-bond donors (Lipinski definition) is 2. The number of imidazole rings is 1. The lowest BCUT2D eigenvalue weighted by atomic mass is 10.2. The molecule has 146 valence electrons. The van der Waals surface area contributed by atoms with E-state index in [2.05, 4.69) is 22.5 Å². The highest BCUT2D eigenvalue weighted by Gasteiger charge is 2.15. The van der Waals surface area contributed by atoms with Gasteiger partial charge in [0.05, 0.1) is 11.0 Å². The van der Waals surface area contributed by atoms with Crippen LogP contribution in [0.1, 0.15) is 25.3 Å². The Labute approximate surface area is 163 Å².